The zero-order valence-electron chi connectivity index (χ0n) is 17.1. The first-order chi connectivity index (χ1) is 12.8. The maximum absolute atomic E-state index is 12.9. The smallest absolute Gasteiger partial charge is 0.174 e. The van der Waals surface area contributed by atoms with Gasteiger partial charge in [-0.1, -0.05) is 6.07 Å². The minimum atomic E-state index is -0.937. The highest BCUT2D eigenvalue weighted by molar-refractivity contribution is 5.90. The first-order valence-electron chi connectivity index (χ1n) is 10.4. The summed E-state index contributed by atoms with van der Waals surface area (Å²) < 4.78 is 7.06. The van der Waals surface area contributed by atoms with Crippen LogP contribution in [-0.2, 0) is 16.6 Å². The number of likely N-dealkylation sites (N-methyl/N-ethyl adjacent to an activating group) is 1. The van der Waals surface area contributed by atoms with Crippen molar-refractivity contribution in [2.24, 2.45) is 5.92 Å². The average Bonchev–Trinajstić information content (AvgIpc) is 3.34. The Morgan fingerprint density at radius 3 is 2.79 bits per heavy atom. The van der Waals surface area contributed by atoms with Crippen molar-refractivity contribution >= 4 is 5.78 Å². The van der Waals surface area contributed by atoms with Crippen LogP contribution >= 0.6 is 0 Å². The number of phenolic OH excluding ortho intramolecular Hbond substituents is 1. The van der Waals surface area contributed by atoms with Crippen LogP contribution in [0, 0.1) is 20.3 Å². The van der Waals surface area contributed by atoms with Gasteiger partial charge in [0.1, 0.15) is 11.6 Å². The normalized spacial score (nSPS) is 42.5. The van der Waals surface area contributed by atoms with Crippen LogP contribution in [0.3, 0.4) is 0 Å². The number of carbonyl (C=O) groups excluding carboxylic acids is 1. The Morgan fingerprint density at radius 2 is 2.07 bits per heavy atom. The molecule has 0 aromatic heterocycles. The van der Waals surface area contributed by atoms with Crippen molar-refractivity contribution < 1.29 is 24.2 Å². The van der Waals surface area contributed by atoms with Gasteiger partial charge in [-0.3, -0.25) is 4.79 Å². The lowest BCUT2D eigenvalue weighted by Crippen LogP contribution is -2.80. The van der Waals surface area contributed by atoms with E-state index in [1.54, 1.807) is 0 Å². The number of phenols is 1. The lowest BCUT2D eigenvalue weighted by molar-refractivity contribution is -0.950. The Bertz CT molecular complexity index is 893. The topological polar surface area (TPSA) is 66.8 Å². The van der Waals surface area contributed by atoms with E-state index in [1.807, 2.05) is 6.92 Å². The number of aromatic hydroxyl groups is 1. The standard InChI is InChI=1S/C22H27NO4.CH3/c1-12-9-14-10-16-22(26)6-5-15(24)20-21(22,17(14)19(27-20)18(12)25)7-8-23(16,2)11-13-3-4-13;/h9,13,16,20,26H,3-8,10-11H2,1-2H3;1H3/q;-1/p+1/t16-,20+,21+,22-,23-;/m1./s1. The van der Waals surface area contributed by atoms with Crippen LogP contribution in [0.5, 0.6) is 11.5 Å². The van der Waals surface area contributed by atoms with Gasteiger partial charge in [0.25, 0.3) is 0 Å². The molecule has 0 amide bonds. The van der Waals surface area contributed by atoms with Gasteiger partial charge >= 0.3 is 0 Å². The number of piperidine rings is 1. The van der Waals surface area contributed by atoms with E-state index < -0.39 is 17.1 Å². The van der Waals surface area contributed by atoms with Crippen LogP contribution in [0.25, 0.3) is 0 Å². The molecule has 1 spiro atoms. The summed E-state index contributed by atoms with van der Waals surface area (Å²) in [5.41, 5.74) is 1.30. The van der Waals surface area contributed by atoms with Gasteiger partial charge in [-0.15, -0.1) is 0 Å². The van der Waals surface area contributed by atoms with Crippen molar-refractivity contribution in [2.75, 3.05) is 20.1 Å². The summed E-state index contributed by atoms with van der Waals surface area (Å²) in [4.78, 5) is 12.9. The molecule has 0 radical (unpaired) electrons. The Balaban J connectivity index is 0.00000171. The number of nitrogens with zero attached hydrogens (tertiary/aromatic N) is 1. The van der Waals surface area contributed by atoms with Gasteiger partial charge in [0.05, 0.1) is 25.6 Å². The average molecular weight is 386 g/mol. The number of Topliss-reactive ketones (excluding diaryl/α,β-unsaturated/α-hetero) is 1. The van der Waals surface area contributed by atoms with Gasteiger partial charge in [0.2, 0.25) is 0 Å². The number of rotatable bonds is 2. The van der Waals surface area contributed by atoms with E-state index in [2.05, 4.69) is 13.1 Å². The fourth-order valence-electron chi connectivity index (χ4n) is 7.16. The molecule has 5 aliphatic rings. The van der Waals surface area contributed by atoms with E-state index in [4.69, 9.17) is 4.74 Å². The minimum Gasteiger partial charge on any atom is -0.504 e. The molecule has 0 unspecified atom stereocenters. The summed E-state index contributed by atoms with van der Waals surface area (Å²) in [5.74, 6) is 1.48. The number of quaternary nitrogens is 1. The monoisotopic (exact) mass is 385 g/mol. The number of aliphatic hydroxyl groups is 1. The molecule has 1 aromatic rings. The van der Waals surface area contributed by atoms with Gasteiger partial charge in [-0.05, 0) is 37.3 Å². The Labute approximate surface area is 166 Å². The van der Waals surface area contributed by atoms with Crippen molar-refractivity contribution in [3.63, 3.8) is 0 Å². The first-order valence-corrected chi connectivity index (χ1v) is 10.4. The molecule has 5 heteroatoms. The lowest BCUT2D eigenvalue weighted by Gasteiger charge is -2.64. The highest BCUT2D eigenvalue weighted by Crippen LogP contribution is 2.66. The molecule has 2 bridgehead atoms. The molecular formula is C23H31NO4. The van der Waals surface area contributed by atoms with Crippen LogP contribution in [0.15, 0.2) is 6.07 Å². The number of likely N-dealkylation sites (tertiary alicyclic amines) is 1. The molecule has 3 aliphatic carbocycles. The molecule has 6 rings (SSSR count). The number of benzene rings is 1. The molecule has 28 heavy (non-hydrogen) atoms. The highest BCUT2D eigenvalue weighted by Gasteiger charge is 2.76. The number of hydrogen-bond acceptors (Lipinski definition) is 4. The Morgan fingerprint density at radius 1 is 1.32 bits per heavy atom. The molecule has 3 fully saturated rings. The van der Waals surface area contributed by atoms with Crippen LogP contribution in [0.2, 0.25) is 0 Å². The third kappa shape index (κ3) is 1.88. The molecular weight excluding hydrogens is 354 g/mol. The van der Waals surface area contributed by atoms with E-state index in [-0.39, 0.29) is 25.0 Å². The van der Waals surface area contributed by atoms with Crippen molar-refractivity contribution in [3.05, 3.63) is 30.2 Å². The second-order valence-corrected chi connectivity index (χ2v) is 10.1. The third-order valence-electron chi connectivity index (χ3n) is 8.58. The van der Waals surface area contributed by atoms with Gasteiger partial charge in [-0.25, -0.2) is 0 Å². The molecule has 5 atom stereocenters. The van der Waals surface area contributed by atoms with Crippen molar-refractivity contribution in [1.29, 1.82) is 0 Å². The fraction of sp³-hybridized carbons (Fsp3) is 0.652. The summed E-state index contributed by atoms with van der Waals surface area (Å²) in [6, 6.07) is 2.16. The van der Waals surface area contributed by atoms with Crippen LogP contribution in [0.4, 0.5) is 0 Å². The summed E-state index contributed by atoms with van der Waals surface area (Å²) in [5, 5.41) is 22.9. The number of hydrogen-bond donors (Lipinski definition) is 2. The number of ketones is 1. The fourth-order valence-corrected chi connectivity index (χ4v) is 7.16. The van der Waals surface area contributed by atoms with E-state index in [9.17, 15) is 15.0 Å². The Hall–Kier alpha value is -1.59. The number of carbonyl (C=O) groups is 1. The molecule has 152 valence electrons. The molecule has 2 N–H and O–H groups in total. The molecule has 1 aromatic carbocycles. The van der Waals surface area contributed by atoms with Gasteiger partial charge in [0.15, 0.2) is 23.4 Å². The van der Waals surface area contributed by atoms with Crippen molar-refractivity contribution in [2.45, 2.75) is 68.6 Å². The second kappa shape index (κ2) is 5.31. The number of aryl methyl sites for hydroxylation is 1. The van der Waals surface area contributed by atoms with Crippen LogP contribution in [-0.4, -0.2) is 58.4 Å². The van der Waals surface area contributed by atoms with Crippen LogP contribution < -0.4 is 4.74 Å². The minimum absolute atomic E-state index is 0. The largest absolute Gasteiger partial charge is 0.504 e. The molecule has 2 saturated carbocycles. The van der Waals surface area contributed by atoms with Crippen molar-refractivity contribution in [3.8, 4) is 11.5 Å². The molecule has 2 aliphatic heterocycles. The van der Waals surface area contributed by atoms with Crippen molar-refractivity contribution in [1.82, 2.24) is 0 Å². The maximum atomic E-state index is 12.9. The molecule has 5 nitrogen and oxygen atoms in total. The van der Waals surface area contributed by atoms with E-state index in [0.29, 0.717) is 18.6 Å². The van der Waals surface area contributed by atoms with Gasteiger partial charge in [-0.2, -0.15) is 0 Å². The highest BCUT2D eigenvalue weighted by atomic mass is 16.5. The molecule has 1 saturated heterocycles. The zero-order chi connectivity index (χ0) is 18.8. The maximum Gasteiger partial charge on any atom is 0.174 e. The van der Waals surface area contributed by atoms with E-state index >= 15 is 0 Å². The quantitative estimate of drug-likeness (QED) is 0.606. The summed E-state index contributed by atoms with van der Waals surface area (Å²) in [6.45, 7) is 3.98. The van der Waals surface area contributed by atoms with Crippen LogP contribution in [0.1, 0.15) is 48.8 Å². The second-order valence-electron chi connectivity index (χ2n) is 10.1. The first kappa shape index (κ1) is 18.4. The van der Waals surface area contributed by atoms with Gasteiger partial charge in [0, 0.05) is 30.7 Å². The zero-order valence-corrected chi connectivity index (χ0v) is 17.1. The number of ether oxygens (including phenoxy) is 1. The van der Waals surface area contributed by atoms with E-state index in [1.165, 1.54) is 18.4 Å². The van der Waals surface area contributed by atoms with Gasteiger partial charge < -0.3 is 26.9 Å². The van der Waals surface area contributed by atoms with E-state index in [0.717, 1.165) is 47.5 Å². The Kier molecular flexibility index (Phi) is 3.50. The molecule has 2 heterocycles. The third-order valence-corrected chi connectivity index (χ3v) is 8.58. The predicted molar refractivity (Wildman–Crippen MR) is 105 cm³/mol. The summed E-state index contributed by atoms with van der Waals surface area (Å²) >= 11 is 0. The predicted octanol–water partition coefficient (Wildman–Crippen LogP) is 2.43. The summed E-state index contributed by atoms with van der Waals surface area (Å²) in [6.07, 6.45) is 4.41. The SMILES string of the molecule is Cc1cc2c3c(c1O)O[C@H]1C(=O)CC[C@@]4(O)[C@@H](C2)[N@@+](C)(CC2CC2)CC[C@]314.[CH3-]. The lowest BCUT2D eigenvalue weighted by atomic mass is 9.48. The summed E-state index contributed by atoms with van der Waals surface area (Å²) in [7, 11) is 2.31.